The van der Waals surface area contributed by atoms with E-state index in [9.17, 15) is 0 Å². The summed E-state index contributed by atoms with van der Waals surface area (Å²) in [5.74, 6) is 1.79. The Kier molecular flexibility index (Phi) is 8.35. The van der Waals surface area contributed by atoms with Crippen molar-refractivity contribution in [3.8, 4) is 5.75 Å². The van der Waals surface area contributed by atoms with E-state index in [0.717, 1.165) is 11.7 Å². The molecule has 0 amide bonds. The maximum atomic E-state index is 5.10. The Balaban J connectivity index is 0.000000211. The molecule has 1 aliphatic carbocycles. The largest absolute Gasteiger partial charge is 0.497 e. The zero-order valence-electron chi connectivity index (χ0n) is 14.7. The van der Waals surface area contributed by atoms with E-state index in [1.54, 1.807) is 7.11 Å². The third-order valence-electron chi connectivity index (χ3n) is 3.91. The van der Waals surface area contributed by atoms with Crippen LogP contribution in [0.4, 0.5) is 0 Å². The Labute approximate surface area is 136 Å². The molecule has 0 atom stereocenters. The van der Waals surface area contributed by atoms with Crippen LogP contribution >= 0.6 is 0 Å². The molecule has 0 spiro atoms. The minimum absolute atomic E-state index is 0.830. The number of benzene rings is 2. The average Bonchev–Trinajstić information content (AvgIpc) is 2.52. The van der Waals surface area contributed by atoms with Crippen LogP contribution in [0.2, 0.25) is 0 Å². The molecule has 1 aliphatic rings. The number of ether oxygens (including phenoxy) is 1. The summed E-state index contributed by atoms with van der Waals surface area (Å²) in [6.07, 6.45) is 4.13. The van der Waals surface area contributed by atoms with Crippen molar-refractivity contribution in [3.63, 3.8) is 0 Å². The summed E-state index contributed by atoms with van der Waals surface area (Å²) in [7, 11) is 1.71. The SMILES string of the molecule is CC.COc1ccc(C2CCC2)cc1.Cc1ccc(C)cc1. The lowest BCUT2D eigenvalue weighted by Crippen LogP contribution is -2.08. The zero-order valence-corrected chi connectivity index (χ0v) is 14.7. The third kappa shape index (κ3) is 5.93. The molecule has 2 aromatic carbocycles. The van der Waals surface area contributed by atoms with Gasteiger partial charge in [-0.15, -0.1) is 0 Å². The fourth-order valence-corrected chi connectivity index (χ4v) is 2.25. The van der Waals surface area contributed by atoms with Crippen LogP contribution in [0.3, 0.4) is 0 Å². The number of hydrogen-bond donors (Lipinski definition) is 0. The van der Waals surface area contributed by atoms with Crippen molar-refractivity contribution in [2.24, 2.45) is 0 Å². The van der Waals surface area contributed by atoms with Gasteiger partial charge in [0.15, 0.2) is 0 Å². The maximum absolute atomic E-state index is 5.10. The Bertz CT molecular complexity index is 486. The molecule has 0 N–H and O–H groups in total. The van der Waals surface area contributed by atoms with Crippen molar-refractivity contribution in [1.82, 2.24) is 0 Å². The molecule has 0 heterocycles. The molecule has 0 saturated heterocycles. The smallest absolute Gasteiger partial charge is 0.118 e. The van der Waals surface area contributed by atoms with Gasteiger partial charge in [0, 0.05) is 0 Å². The van der Waals surface area contributed by atoms with Crippen LogP contribution in [0.1, 0.15) is 55.7 Å². The van der Waals surface area contributed by atoms with E-state index < -0.39 is 0 Å². The van der Waals surface area contributed by atoms with Crippen molar-refractivity contribution in [2.45, 2.75) is 52.9 Å². The van der Waals surface area contributed by atoms with E-state index in [2.05, 4.69) is 50.2 Å². The second kappa shape index (κ2) is 10.0. The van der Waals surface area contributed by atoms with Crippen LogP contribution in [0.5, 0.6) is 5.75 Å². The number of rotatable bonds is 2. The van der Waals surface area contributed by atoms with Crippen molar-refractivity contribution in [3.05, 3.63) is 65.2 Å². The van der Waals surface area contributed by atoms with Crippen LogP contribution < -0.4 is 4.74 Å². The van der Waals surface area contributed by atoms with E-state index in [1.165, 1.54) is 36.0 Å². The van der Waals surface area contributed by atoms with Gasteiger partial charge in [0.25, 0.3) is 0 Å². The van der Waals surface area contributed by atoms with Crippen LogP contribution in [0.15, 0.2) is 48.5 Å². The summed E-state index contributed by atoms with van der Waals surface area (Å²) in [4.78, 5) is 0. The van der Waals surface area contributed by atoms with E-state index in [-0.39, 0.29) is 0 Å². The fourth-order valence-electron chi connectivity index (χ4n) is 2.25. The summed E-state index contributed by atoms with van der Waals surface area (Å²) < 4.78 is 5.10. The molecule has 1 nitrogen and oxygen atoms in total. The first kappa shape index (κ1) is 18.3. The highest BCUT2D eigenvalue weighted by Gasteiger charge is 2.18. The summed E-state index contributed by atoms with van der Waals surface area (Å²) in [5, 5.41) is 0. The number of hydrogen-bond acceptors (Lipinski definition) is 1. The first-order valence-electron chi connectivity index (χ1n) is 8.36. The third-order valence-corrected chi connectivity index (χ3v) is 3.91. The van der Waals surface area contributed by atoms with Gasteiger partial charge < -0.3 is 4.74 Å². The Morgan fingerprint density at radius 3 is 1.55 bits per heavy atom. The molecule has 1 heteroatoms. The van der Waals surface area contributed by atoms with Crippen LogP contribution in [0, 0.1) is 13.8 Å². The lowest BCUT2D eigenvalue weighted by atomic mass is 9.80. The normalized spacial score (nSPS) is 13.0. The summed E-state index contributed by atoms with van der Waals surface area (Å²) in [6, 6.07) is 16.9. The van der Waals surface area contributed by atoms with Crippen molar-refractivity contribution in [2.75, 3.05) is 7.11 Å². The minimum atomic E-state index is 0.830. The van der Waals surface area contributed by atoms with Gasteiger partial charge in [-0.05, 0) is 50.3 Å². The van der Waals surface area contributed by atoms with Crippen molar-refractivity contribution in [1.29, 1.82) is 0 Å². The van der Waals surface area contributed by atoms with E-state index >= 15 is 0 Å². The van der Waals surface area contributed by atoms with Crippen LogP contribution in [-0.4, -0.2) is 7.11 Å². The highest BCUT2D eigenvalue weighted by atomic mass is 16.5. The molecule has 0 unspecified atom stereocenters. The zero-order chi connectivity index (χ0) is 16.4. The molecule has 3 rings (SSSR count). The molecule has 1 saturated carbocycles. The van der Waals surface area contributed by atoms with Gasteiger partial charge in [0.2, 0.25) is 0 Å². The van der Waals surface area contributed by atoms with E-state index in [4.69, 9.17) is 4.74 Å². The molecule has 2 aromatic rings. The molecular formula is C21H30O. The second-order valence-electron chi connectivity index (χ2n) is 5.56. The highest BCUT2D eigenvalue weighted by Crippen LogP contribution is 2.36. The number of methoxy groups -OCH3 is 1. The molecule has 120 valence electrons. The molecule has 0 aromatic heterocycles. The Hall–Kier alpha value is -1.76. The molecule has 0 radical (unpaired) electrons. The fraction of sp³-hybridized carbons (Fsp3) is 0.429. The standard InChI is InChI=1S/C11H14O.C8H10.C2H6/c1-12-11-7-5-10(6-8-11)9-3-2-4-9;1-7-3-5-8(2)6-4-7;1-2/h5-9H,2-4H2,1H3;3-6H,1-2H3;1-2H3. The first-order valence-corrected chi connectivity index (χ1v) is 8.36. The van der Waals surface area contributed by atoms with Crippen molar-refractivity contribution < 1.29 is 4.74 Å². The molecule has 0 bridgehead atoms. The van der Waals surface area contributed by atoms with Crippen molar-refractivity contribution >= 4 is 0 Å². The summed E-state index contributed by atoms with van der Waals surface area (Å²) in [6.45, 7) is 8.19. The summed E-state index contributed by atoms with van der Waals surface area (Å²) >= 11 is 0. The maximum Gasteiger partial charge on any atom is 0.118 e. The van der Waals surface area contributed by atoms with Crippen LogP contribution in [-0.2, 0) is 0 Å². The molecule has 22 heavy (non-hydrogen) atoms. The second-order valence-corrected chi connectivity index (χ2v) is 5.56. The van der Waals surface area contributed by atoms with Gasteiger partial charge in [0.1, 0.15) is 5.75 Å². The monoisotopic (exact) mass is 298 g/mol. The minimum Gasteiger partial charge on any atom is -0.497 e. The predicted octanol–water partition coefficient (Wildman–Crippen LogP) is 6.29. The Morgan fingerprint density at radius 2 is 1.23 bits per heavy atom. The average molecular weight is 298 g/mol. The van der Waals surface area contributed by atoms with Gasteiger partial charge >= 0.3 is 0 Å². The number of aryl methyl sites for hydroxylation is 2. The first-order chi connectivity index (χ1) is 10.7. The lowest BCUT2D eigenvalue weighted by molar-refractivity contribution is 0.409. The van der Waals surface area contributed by atoms with Gasteiger partial charge in [-0.1, -0.05) is 67.8 Å². The quantitative estimate of drug-likeness (QED) is 0.633. The van der Waals surface area contributed by atoms with Gasteiger partial charge in [-0.25, -0.2) is 0 Å². The molecule has 1 fully saturated rings. The van der Waals surface area contributed by atoms with Gasteiger partial charge in [-0.2, -0.15) is 0 Å². The molecular weight excluding hydrogens is 268 g/mol. The summed E-state index contributed by atoms with van der Waals surface area (Å²) in [5.41, 5.74) is 4.13. The Morgan fingerprint density at radius 1 is 0.773 bits per heavy atom. The van der Waals surface area contributed by atoms with Crippen LogP contribution in [0.25, 0.3) is 0 Å². The van der Waals surface area contributed by atoms with Gasteiger partial charge in [-0.3, -0.25) is 0 Å². The lowest BCUT2D eigenvalue weighted by Gasteiger charge is -2.25. The predicted molar refractivity (Wildman–Crippen MR) is 96.9 cm³/mol. The van der Waals surface area contributed by atoms with E-state index in [1.807, 2.05) is 26.0 Å². The van der Waals surface area contributed by atoms with Gasteiger partial charge in [0.05, 0.1) is 7.11 Å². The highest BCUT2D eigenvalue weighted by molar-refractivity contribution is 5.30. The van der Waals surface area contributed by atoms with E-state index in [0.29, 0.717) is 0 Å². The topological polar surface area (TPSA) is 9.23 Å². The molecule has 0 aliphatic heterocycles.